The molecule has 3 rings (SSSR count). The minimum Gasteiger partial charge on any atom is -0.367 e. The highest BCUT2D eigenvalue weighted by Gasteiger charge is 2.34. The molecular weight excluding hydrogens is 318 g/mol. The van der Waals surface area contributed by atoms with E-state index in [1.807, 2.05) is 0 Å². The molecule has 3 N–H and O–H groups in total. The normalized spacial score (nSPS) is 14.0. The monoisotopic (exact) mass is 331 g/mol. The first-order chi connectivity index (χ1) is 10.9. The Hall–Kier alpha value is -2.71. The highest BCUT2D eigenvalue weighted by Crippen LogP contribution is 2.22. The summed E-state index contributed by atoms with van der Waals surface area (Å²) in [6.07, 6.45) is 0. The first-order valence-corrected chi connectivity index (χ1v) is 8.24. The number of carbonyl (C=O) groups excluding carboxylic acids is 2. The number of nitrogens with two attached hydrogens (primary N) is 1. The smallest absolute Gasteiger partial charge is 0.263 e. The molecule has 0 saturated heterocycles. The Morgan fingerprint density at radius 3 is 1.91 bits per heavy atom. The molecule has 0 fully saturated rings. The molecule has 0 atom stereocenters. The lowest BCUT2D eigenvalue weighted by Crippen LogP contribution is -2.34. The van der Waals surface area contributed by atoms with E-state index in [0.717, 1.165) is 4.90 Å². The van der Waals surface area contributed by atoms with Crippen molar-refractivity contribution in [1.29, 1.82) is 0 Å². The van der Waals surface area contributed by atoms with E-state index in [2.05, 4.69) is 5.32 Å². The molecule has 2 aromatic carbocycles. The summed E-state index contributed by atoms with van der Waals surface area (Å²) >= 11 is 0. The third-order valence-corrected chi connectivity index (χ3v) is 4.43. The molecule has 0 radical (unpaired) electrons. The Morgan fingerprint density at radius 1 is 0.913 bits per heavy atom. The van der Waals surface area contributed by atoms with Crippen molar-refractivity contribution in [3.8, 4) is 0 Å². The van der Waals surface area contributed by atoms with Gasteiger partial charge in [-0.1, -0.05) is 12.1 Å². The van der Waals surface area contributed by atoms with Crippen molar-refractivity contribution in [2.24, 2.45) is 5.14 Å². The van der Waals surface area contributed by atoms with Gasteiger partial charge in [-0.05, 0) is 36.4 Å². The van der Waals surface area contributed by atoms with Crippen LogP contribution in [-0.4, -0.2) is 31.8 Å². The number of hydrogen-bond donors (Lipinski definition) is 2. The SMILES string of the molecule is NS(=O)(=O)c1ccc(NCN2C(=O)c3ccccc3C2=O)cc1. The highest BCUT2D eigenvalue weighted by molar-refractivity contribution is 7.89. The van der Waals surface area contributed by atoms with E-state index in [0.29, 0.717) is 16.8 Å². The molecule has 118 valence electrons. The standard InChI is InChI=1S/C15H13N3O4S/c16-23(21,22)11-7-5-10(6-8-11)17-9-18-14(19)12-3-1-2-4-13(12)15(18)20/h1-8,17H,9H2,(H2,16,21,22). The van der Waals surface area contributed by atoms with Crippen LogP contribution in [0, 0.1) is 0 Å². The van der Waals surface area contributed by atoms with Crippen molar-refractivity contribution >= 4 is 27.5 Å². The Labute approximate surface area is 132 Å². The molecule has 2 aromatic rings. The zero-order valence-electron chi connectivity index (χ0n) is 11.9. The minimum absolute atomic E-state index is 0.0104. The number of hydrogen-bond acceptors (Lipinski definition) is 5. The maximum Gasteiger partial charge on any atom is 0.263 e. The number of rotatable bonds is 4. The molecule has 0 saturated carbocycles. The van der Waals surface area contributed by atoms with Crippen LogP contribution in [0.3, 0.4) is 0 Å². The van der Waals surface area contributed by atoms with Gasteiger partial charge in [-0.2, -0.15) is 0 Å². The molecule has 1 heterocycles. The van der Waals surface area contributed by atoms with Crippen LogP contribution in [-0.2, 0) is 10.0 Å². The van der Waals surface area contributed by atoms with Gasteiger partial charge in [-0.3, -0.25) is 14.5 Å². The summed E-state index contributed by atoms with van der Waals surface area (Å²) in [4.78, 5) is 25.5. The molecule has 8 heteroatoms. The van der Waals surface area contributed by atoms with E-state index < -0.39 is 10.0 Å². The molecule has 0 unspecified atom stereocenters. The van der Waals surface area contributed by atoms with Crippen LogP contribution in [0.4, 0.5) is 5.69 Å². The molecule has 2 amide bonds. The first kappa shape index (κ1) is 15.2. The van der Waals surface area contributed by atoms with E-state index in [9.17, 15) is 18.0 Å². The van der Waals surface area contributed by atoms with Crippen molar-refractivity contribution < 1.29 is 18.0 Å². The summed E-state index contributed by atoms with van der Waals surface area (Å²) in [5.74, 6) is -0.724. The van der Waals surface area contributed by atoms with E-state index in [1.165, 1.54) is 24.3 Å². The lowest BCUT2D eigenvalue weighted by atomic mass is 10.1. The van der Waals surface area contributed by atoms with Gasteiger partial charge in [0, 0.05) is 5.69 Å². The predicted octanol–water partition coefficient (Wildman–Crippen LogP) is 1.000. The van der Waals surface area contributed by atoms with Gasteiger partial charge in [-0.15, -0.1) is 0 Å². The Morgan fingerprint density at radius 2 is 1.43 bits per heavy atom. The largest absolute Gasteiger partial charge is 0.367 e. The first-order valence-electron chi connectivity index (χ1n) is 6.70. The van der Waals surface area contributed by atoms with Crippen molar-refractivity contribution in [1.82, 2.24) is 4.90 Å². The van der Waals surface area contributed by atoms with Crippen LogP contribution in [0.25, 0.3) is 0 Å². The zero-order chi connectivity index (χ0) is 16.6. The quantitative estimate of drug-likeness (QED) is 0.812. The zero-order valence-corrected chi connectivity index (χ0v) is 12.7. The van der Waals surface area contributed by atoms with Crippen LogP contribution < -0.4 is 10.5 Å². The van der Waals surface area contributed by atoms with Crippen LogP contribution in [0.15, 0.2) is 53.4 Å². The molecule has 1 aliphatic heterocycles. The van der Waals surface area contributed by atoms with Crippen LogP contribution >= 0.6 is 0 Å². The molecule has 7 nitrogen and oxygen atoms in total. The third-order valence-electron chi connectivity index (χ3n) is 3.50. The summed E-state index contributed by atoms with van der Waals surface area (Å²) in [6.45, 7) is -0.0128. The fourth-order valence-corrected chi connectivity index (χ4v) is 2.83. The summed E-state index contributed by atoms with van der Waals surface area (Å²) in [6, 6.07) is 12.3. The number of amides is 2. The van der Waals surface area contributed by atoms with Gasteiger partial charge < -0.3 is 5.32 Å². The molecule has 0 bridgehead atoms. The predicted molar refractivity (Wildman–Crippen MR) is 83.2 cm³/mol. The number of imide groups is 1. The van der Waals surface area contributed by atoms with Gasteiger partial charge in [-0.25, -0.2) is 13.6 Å². The third kappa shape index (κ3) is 2.81. The summed E-state index contributed by atoms with van der Waals surface area (Å²) < 4.78 is 22.4. The van der Waals surface area contributed by atoms with Crippen LogP contribution in [0.2, 0.25) is 0 Å². The van der Waals surface area contributed by atoms with Gasteiger partial charge in [0.2, 0.25) is 10.0 Å². The van der Waals surface area contributed by atoms with Gasteiger partial charge in [0.15, 0.2) is 0 Å². The van der Waals surface area contributed by atoms with Crippen LogP contribution in [0.1, 0.15) is 20.7 Å². The number of anilines is 1. The maximum atomic E-state index is 12.2. The number of sulfonamides is 1. The van der Waals surface area contributed by atoms with E-state index in [4.69, 9.17) is 5.14 Å². The second-order valence-electron chi connectivity index (χ2n) is 4.99. The average Bonchev–Trinajstić information content (AvgIpc) is 2.77. The van der Waals surface area contributed by atoms with Gasteiger partial charge in [0.25, 0.3) is 11.8 Å². The minimum atomic E-state index is -3.75. The van der Waals surface area contributed by atoms with E-state index in [1.54, 1.807) is 24.3 Å². The van der Waals surface area contributed by atoms with Crippen molar-refractivity contribution in [2.45, 2.75) is 4.90 Å². The summed E-state index contributed by atoms with van der Waals surface area (Å²) in [5, 5.41) is 7.93. The number of benzene rings is 2. The fourth-order valence-electron chi connectivity index (χ4n) is 2.32. The number of nitrogens with one attached hydrogen (secondary N) is 1. The highest BCUT2D eigenvalue weighted by atomic mass is 32.2. The maximum absolute atomic E-state index is 12.2. The molecule has 1 aliphatic rings. The van der Waals surface area contributed by atoms with Gasteiger partial charge >= 0.3 is 0 Å². The summed E-state index contributed by atoms with van der Waals surface area (Å²) in [5.41, 5.74) is 1.32. The van der Waals surface area contributed by atoms with Crippen molar-refractivity contribution in [3.05, 3.63) is 59.7 Å². The molecule has 0 spiro atoms. The van der Waals surface area contributed by atoms with E-state index >= 15 is 0 Å². The molecular formula is C15H13N3O4S. The fraction of sp³-hybridized carbons (Fsp3) is 0.0667. The molecule has 0 aliphatic carbocycles. The summed E-state index contributed by atoms with van der Waals surface area (Å²) in [7, 11) is -3.75. The Balaban J connectivity index is 1.73. The number of nitrogens with zero attached hydrogens (tertiary/aromatic N) is 1. The number of fused-ring (bicyclic) bond motifs is 1. The Bertz CT molecular complexity index is 856. The average molecular weight is 331 g/mol. The van der Waals surface area contributed by atoms with Crippen molar-refractivity contribution in [3.63, 3.8) is 0 Å². The van der Waals surface area contributed by atoms with Gasteiger partial charge in [0.1, 0.15) is 0 Å². The van der Waals surface area contributed by atoms with Crippen molar-refractivity contribution in [2.75, 3.05) is 12.0 Å². The topological polar surface area (TPSA) is 110 Å². The molecule has 0 aromatic heterocycles. The second kappa shape index (κ2) is 5.49. The lowest BCUT2D eigenvalue weighted by molar-refractivity contribution is 0.0666. The number of carbonyl (C=O) groups is 2. The Kier molecular flexibility index (Phi) is 3.63. The lowest BCUT2D eigenvalue weighted by Gasteiger charge is -2.15. The number of primary sulfonamides is 1. The molecule has 23 heavy (non-hydrogen) atoms. The van der Waals surface area contributed by atoms with E-state index in [-0.39, 0.29) is 23.4 Å². The van der Waals surface area contributed by atoms with Crippen LogP contribution in [0.5, 0.6) is 0 Å². The second-order valence-corrected chi connectivity index (χ2v) is 6.55. The van der Waals surface area contributed by atoms with Gasteiger partial charge in [0.05, 0.1) is 22.7 Å².